The standard InChI is InChI=1S/C17H19N3O/c1-8-6-11-9(2)7-17(4,5)20-15(11)13-12(8)10(3)18-19-14(13)16(20)21/h6,9H,7H2,1-5H3. The van der Waals surface area contributed by atoms with Gasteiger partial charge in [-0.2, -0.15) is 5.10 Å². The minimum absolute atomic E-state index is 0.00579. The molecule has 1 unspecified atom stereocenters. The van der Waals surface area contributed by atoms with Crippen molar-refractivity contribution in [3.05, 3.63) is 28.6 Å². The van der Waals surface area contributed by atoms with Crippen molar-refractivity contribution in [3.63, 3.8) is 0 Å². The van der Waals surface area contributed by atoms with Gasteiger partial charge < -0.3 is 4.90 Å². The highest BCUT2D eigenvalue weighted by atomic mass is 16.2. The Morgan fingerprint density at radius 1 is 1.24 bits per heavy atom. The van der Waals surface area contributed by atoms with Gasteiger partial charge in [0.15, 0.2) is 5.69 Å². The predicted molar refractivity (Wildman–Crippen MR) is 82.9 cm³/mol. The van der Waals surface area contributed by atoms with Crippen molar-refractivity contribution in [1.82, 2.24) is 10.2 Å². The fourth-order valence-electron chi connectivity index (χ4n) is 4.26. The van der Waals surface area contributed by atoms with Crippen LogP contribution < -0.4 is 4.90 Å². The van der Waals surface area contributed by atoms with Gasteiger partial charge in [-0.15, -0.1) is 5.10 Å². The first-order valence-corrected chi connectivity index (χ1v) is 7.48. The van der Waals surface area contributed by atoms with E-state index >= 15 is 0 Å². The number of benzene rings is 1. The van der Waals surface area contributed by atoms with Crippen molar-refractivity contribution in [3.8, 4) is 0 Å². The summed E-state index contributed by atoms with van der Waals surface area (Å²) >= 11 is 0. The second-order valence-corrected chi connectivity index (χ2v) is 7.07. The lowest BCUT2D eigenvalue weighted by Crippen LogP contribution is -2.49. The Hall–Kier alpha value is -1.97. The van der Waals surface area contributed by atoms with E-state index in [0.717, 1.165) is 28.6 Å². The first kappa shape index (κ1) is 12.7. The molecule has 1 aromatic heterocycles. The summed E-state index contributed by atoms with van der Waals surface area (Å²) in [6.07, 6.45) is 0.969. The minimum atomic E-state index is -0.180. The number of carbonyl (C=O) groups excluding carboxylic acids is 1. The fourth-order valence-corrected chi connectivity index (χ4v) is 4.26. The van der Waals surface area contributed by atoms with E-state index in [9.17, 15) is 4.79 Å². The van der Waals surface area contributed by atoms with Gasteiger partial charge >= 0.3 is 0 Å². The number of nitrogens with zero attached hydrogens (tertiary/aromatic N) is 3. The molecule has 4 nitrogen and oxygen atoms in total. The average molecular weight is 281 g/mol. The predicted octanol–water partition coefficient (Wildman–Crippen LogP) is 3.49. The van der Waals surface area contributed by atoms with E-state index in [4.69, 9.17) is 0 Å². The number of aryl methyl sites for hydroxylation is 2. The lowest BCUT2D eigenvalue weighted by Gasteiger charge is -2.43. The maximum absolute atomic E-state index is 12.9. The zero-order valence-electron chi connectivity index (χ0n) is 13.1. The molecule has 4 rings (SSSR count). The van der Waals surface area contributed by atoms with Gasteiger partial charge in [0.25, 0.3) is 5.91 Å². The van der Waals surface area contributed by atoms with Crippen molar-refractivity contribution in [2.75, 3.05) is 4.90 Å². The number of carbonyl (C=O) groups is 1. The van der Waals surface area contributed by atoms with Crippen molar-refractivity contribution in [1.29, 1.82) is 0 Å². The van der Waals surface area contributed by atoms with E-state index in [-0.39, 0.29) is 11.4 Å². The lowest BCUT2D eigenvalue weighted by molar-refractivity contribution is 0.0956. The molecule has 0 bridgehead atoms. The van der Waals surface area contributed by atoms with E-state index in [1.54, 1.807) is 0 Å². The first-order valence-electron chi connectivity index (χ1n) is 7.48. The molecule has 1 atom stereocenters. The molecule has 0 saturated carbocycles. The average Bonchev–Trinajstić information content (AvgIpc) is 2.68. The van der Waals surface area contributed by atoms with Gasteiger partial charge in [0.2, 0.25) is 0 Å². The summed E-state index contributed by atoms with van der Waals surface area (Å²) in [4.78, 5) is 14.8. The molecule has 2 aliphatic rings. The molecule has 2 aromatic rings. The fraction of sp³-hybridized carbons (Fsp3) is 0.471. The maximum atomic E-state index is 12.9. The second kappa shape index (κ2) is 3.62. The van der Waals surface area contributed by atoms with Crippen molar-refractivity contribution in [2.45, 2.75) is 52.5 Å². The van der Waals surface area contributed by atoms with Gasteiger partial charge in [0.1, 0.15) is 0 Å². The Balaban J connectivity index is 2.23. The van der Waals surface area contributed by atoms with Crippen LogP contribution in [0.15, 0.2) is 6.07 Å². The third-order valence-electron chi connectivity index (χ3n) is 5.00. The Morgan fingerprint density at radius 3 is 2.67 bits per heavy atom. The van der Waals surface area contributed by atoms with E-state index in [1.165, 1.54) is 11.1 Å². The molecule has 0 spiro atoms. The van der Waals surface area contributed by atoms with Gasteiger partial charge in [0.05, 0.1) is 11.4 Å². The molecule has 0 aliphatic carbocycles. The quantitative estimate of drug-likeness (QED) is 0.742. The molecule has 0 saturated heterocycles. The zero-order valence-corrected chi connectivity index (χ0v) is 13.1. The van der Waals surface area contributed by atoms with Crippen molar-refractivity contribution >= 4 is 22.4 Å². The summed E-state index contributed by atoms with van der Waals surface area (Å²) in [5.74, 6) is 0.452. The number of hydrogen-bond donors (Lipinski definition) is 0. The van der Waals surface area contributed by atoms with Gasteiger partial charge in [-0.05, 0) is 51.2 Å². The summed E-state index contributed by atoms with van der Waals surface area (Å²) in [6, 6.07) is 2.24. The highest BCUT2D eigenvalue weighted by Gasteiger charge is 2.47. The molecular formula is C17H19N3O. The van der Waals surface area contributed by atoms with Crippen LogP contribution in [0, 0.1) is 13.8 Å². The Kier molecular flexibility index (Phi) is 2.19. The van der Waals surface area contributed by atoms with Gasteiger partial charge in [-0.25, -0.2) is 0 Å². The number of hydrogen-bond acceptors (Lipinski definition) is 3. The topological polar surface area (TPSA) is 46.1 Å². The van der Waals surface area contributed by atoms with Crippen LogP contribution in [0.2, 0.25) is 0 Å². The van der Waals surface area contributed by atoms with Crippen molar-refractivity contribution in [2.24, 2.45) is 0 Å². The Labute approximate surface area is 124 Å². The Bertz CT molecular complexity index is 823. The lowest BCUT2D eigenvalue weighted by atomic mass is 9.79. The van der Waals surface area contributed by atoms with E-state index in [2.05, 4.69) is 44.0 Å². The number of rotatable bonds is 0. The first-order chi connectivity index (χ1) is 9.83. The SMILES string of the molecule is Cc1cc2c3c4c(nnc(C)c14)C(=O)N3C(C)(C)CC2C. The molecule has 21 heavy (non-hydrogen) atoms. The molecule has 1 amide bonds. The van der Waals surface area contributed by atoms with Crippen LogP contribution in [0.1, 0.15) is 60.4 Å². The molecule has 0 fully saturated rings. The van der Waals surface area contributed by atoms with E-state index in [1.807, 2.05) is 11.8 Å². The van der Waals surface area contributed by atoms with Crippen LogP contribution in [-0.4, -0.2) is 21.6 Å². The van der Waals surface area contributed by atoms with E-state index < -0.39 is 0 Å². The summed E-state index contributed by atoms with van der Waals surface area (Å²) in [5, 5.41) is 10.5. The molecular weight excluding hydrogens is 262 g/mol. The van der Waals surface area contributed by atoms with Gasteiger partial charge in [-0.1, -0.05) is 13.0 Å². The van der Waals surface area contributed by atoms with Crippen LogP contribution >= 0.6 is 0 Å². The highest BCUT2D eigenvalue weighted by Crippen LogP contribution is 2.52. The highest BCUT2D eigenvalue weighted by molar-refractivity contribution is 6.26. The van der Waals surface area contributed by atoms with Crippen LogP contribution in [0.3, 0.4) is 0 Å². The van der Waals surface area contributed by atoms with Gasteiger partial charge in [0, 0.05) is 16.3 Å². The zero-order chi connectivity index (χ0) is 15.1. The summed E-state index contributed by atoms with van der Waals surface area (Å²) in [7, 11) is 0. The smallest absolute Gasteiger partial charge is 0.280 e. The number of amides is 1. The largest absolute Gasteiger partial charge is 0.300 e. The van der Waals surface area contributed by atoms with Gasteiger partial charge in [-0.3, -0.25) is 4.79 Å². The monoisotopic (exact) mass is 281 g/mol. The number of anilines is 1. The molecule has 3 heterocycles. The van der Waals surface area contributed by atoms with Crippen LogP contribution in [0.25, 0.3) is 10.8 Å². The molecule has 0 N–H and O–H groups in total. The maximum Gasteiger partial charge on any atom is 0.280 e. The molecule has 1 aromatic carbocycles. The summed E-state index contributed by atoms with van der Waals surface area (Å²) in [6.45, 7) is 10.6. The normalized spacial score (nSPS) is 22.2. The summed E-state index contributed by atoms with van der Waals surface area (Å²) in [5.41, 5.74) is 4.80. The molecule has 0 radical (unpaired) electrons. The second-order valence-electron chi connectivity index (χ2n) is 7.07. The van der Waals surface area contributed by atoms with Crippen LogP contribution in [-0.2, 0) is 0 Å². The Morgan fingerprint density at radius 2 is 1.95 bits per heavy atom. The third kappa shape index (κ3) is 1.38. The summed E-state index contributed by atoms with van der Waals surface area (Å²) < 4.78 is 0. The molecule has 4 heteroatoms. The third-order valence-corrected chi connectivity index (χ3v) is 5.00. The van der Waals surface area contributed by atoms with Crippen LogP contribution in [0.5, 0.6) is 0 Å². The molecule has 108 valence electrons. The molecule has 2 aliphatic heterocycles. The minimum Gasteiger partial charge on any atom is -0.300 e. The van der Waals surface area contributed by atoms with Crippen molar-refractivity contribution < 1.29 is 4.79 Å². The number of aromatic nitrogens is 2. The van der Waals surface area contributed by atoms with Crippen LogP contribution in [0.4, 0.5) is 5.69 Å². The van der Waals surface area contributed by atoms with E-state index in [0.29, 0.717) is 11.6 Å².